The van der Waals surface area contributed by atoms with Crippen LogP contribution in [0.4, 0.5) is 4.39 Å². The van der Waals surface area contributed by atoms with Gasteiger partial charge in [-0.2, -0.15) is 11.3 Å². The highest BCUT2D eigenvalue weighted by Gasteiger charge is 2.29. The van der Waals surface area contributed by atoms with Gasteiger partial charge in [0.05, 0.1) is 6.54 Å². The van der Waals surface area contributed by atoms with E-state index >= 15 is 0 Å². The first kappa shape index (κ1) is 16.4. The third kappa shape index (κ3) is 4.02. The summed E-state index contributed by atoms with van der Waals surface area (Å²) in [6.07, 6.45) is 3.19. The van der Waals surface area contributed by atoms with Crippen LogP contribution in [0.2, 0.25) is 0 Å². The molecule has 116 valence electrons. The fraction of sp³-hybridized carbons (Fsp3) is 0.235. The lowest BCUT2D eigenvalue weighted by Gasteiger charge is -2.29. The Morgan fingerprint density at radius 1 is 1.41 bits per heavy atom. The molecule has 1 aromatic heterocycles. The quantitative estimate of drug-likeness (QED) is 0.827. The predicted octanol–water partition coefficient (Wildman–Crippen LogP) is 3.58. The van der Waals surface area contributed by atoms with E-state index in [9.17, 15) is 9.18 Å². The van der Waals surface area contributed by atoms with Crippen molar-refractivity contribution >= 4 is 23.3 Å². The van der Waals surface area contributed by atoms with E-state index in [2.05, 4.69) is 5.32 Å². The minimum atomic E-state index is -0.919. The molecule has 0 radical (unpaired) electrons. The number of amides is 1. The average molecular weight is 319 g/mol. The molecule has 22 heavy (non-hydrogen) atoms. The molecule has 2 aromatic rings. The van der Waals surface area contributed by atoms with E-state index in [1.807, 2.05) is 16.8 Å². The Balaban J connectivity index is 2.01. The molecule has 1 unspecified atom stereocenters. The van der Waals surface area contributed by atoms with Crippen LogP contribution in [0.3, 0.4) is 0 Å². The highest BCUT2D eigenvalue weighted by Crippen LogP contribution is 2.26. The summed E-state index contributed by atoms with van der Waals surface area (Å²) >= 11 is 1.57. The molecule has 5 heteroatoms. The van der Waals surface area contributed by atoms with Crippen molar-refractivity contribution in [1.82, 2.24) is 5.32 Å². The lowest BCUT2D eigenvalue weighted by Crippen LogP contribution is -2.40. The van der Waals surface area contributed by atoms with Crippen molar-refractivity contribution in [2.24, 2.45) is 0 Å². The largest absolute Gasteiger partial charge is 0.372 e. The van der Waals surface area contributed by atoms with Crippen LogP contribution in [0.5, 0.6) is 0 Å². The van der Waals surface area contributed by atoms with E-state index in [1.54, 1.807) is 42.5 Å². The van der Waals surface area contributed by atoms with E-state index in [4.69, 9.17) is 4.74 Å². The summed E-state index contributed by atoms with van der Waals surface area (Å²) in [5, 5.41) is 6.64. The summed E-state index contributed by atoms with van der Waals surface area (Å²) in [5.41, 5.74) is 0.473. The van der Waals surface area contributed by atoms with Gasteiger partial charge < -0.3 is 10.1 Å². The zero-order valence-corrected chi connectivity index (χ0v) is 13.3. The fourth-order valence-corrected chi connectivity index (χ4v) is 2.65. The lowest BCUT2D eigenvalue weighted by molar-refractivity contribution is -0.118. The van der Waals surface area contributed by atoms with Crippen molar-refractivity contribution in [3.8, 4) is 0 Å². The second-order valence-electron chi connectivity index (χ2n) is 5.02. The molecule has 0 aliphatic carbocycles. The van der Waals surface area contributed by atoms with Gasteiger partial charge in [0.25, 0.3) is 0 Å². The van der Waals surface area contributed by atoms with Crippen molar-refractivity contribution in [2.75, 3.05) is 13.7 Å². The molecule has 0 saturated carbocycles. The molecule has 0 spiro atoms. The Kier molecular flexibility index (Phi) is 5.46. The number of methoxy groups -OCH3 is 1. The summed E-state index contributed by atoms with van der Waals surface area (Å²) < 4.78 is 19.4. The van der Waals surface area contributed by atoms with Crippen LogP contribution in [-0.4, -0.2) is 19.6 Å². The van der Waals surface area contributed by atoms with E-state index in [0.717, 1.165) is 5.56 Å². The van der Waals surface area contributed by atoms with Crippen molar-refractivity contribution in [2.45, 2.75) is 12.5 Å². The number of rotatable bonds is 6. The number of halogens is 1. The molecule has 0 fully saturated rings. The second-order valence-corrected chi connectivity index (χ2v) is 5.80. The summed E-state index contributed by atoms with van der Waals surface area (Å²) in [6.45, 7) is 1.92. The predicted molar refractivity (Wildman–Crippen MR) is 87.1 cm³/mol. The van der Waals surface area contributed by atoms with Gasteiger partial charge in [0.15, 0.2) is 0 Å². The summed E-state index contributed by atoms with van der Waals surface area (Å²) in [7, 11) is 1.50. The molecule has 0 bridgehead atoms. The Morgan fingerprint density at radius 3 is 2.82 bits per heavy atom. The van der Waals surface area contributed by atoms with Crippen LogP contribution < -0.4 is 5.32 Å². The zero-order valence-electron chi connectivity index (χ0n) is 12.5. The number of carbonyl (C=O) groups is 1. The van der Waals surface area contributed by atoms with Crippen LogP contribution in [0.25, 0.3) is 6.08 Å². The monoisotopic (exact) mass is 319 g/mol. The zero-order chi connectivity index (χ0) is 16.0. The summed E-state index contributed by atoms with van der Waals surface area (Å²) in [5.74, 6) is -0.597. The molecule has 0 aliphatic heterocycles. The molecule has 0 saturated heterocycles. The van der Waals surface area contributed by atoms with Gasteiger partial charge >= 0.3 is 0 Å². The van der Waals surface area contributed by atoms with Gasteiger partial charge in [-0.15, -0.1) is 0 Å². The fourth-order valence-electron chi connectivity index (χ4n) is 2.02. The van der Waals surface area contributed by atoms with Gasteiger partial charge in [0.1, 0.15) is 11.4 Å². The number of hydrogen-bond donors (Lipinski definition) is 1. The van der Waals surface area contributed by atoms with Gasteiger partial charge in [-0.05, 0) is 41.5 Å². The average Bonchev–Trinajstić information content (AvgIpc) is 3.04. The van der Waals surface area contributed by atoms with Gasteiger partial charge in [0, 0.05) is 18.7 Å². The molecule has 3 nitrogen and oxygen atoms in total. The molecular weight excluding hydrogens is 301 g/mol. The number of benzene rings is 1. The Hall–Kier alpha value is -1.98. The molecule has 1 aromatic carbocycles. The highest BCUT2D eigenvalue weighted by atomic mass is 32.1. The molecule has 2 rings (SSSR count). The molecule has 1 amide bonds. The van der Waals surface area contributed by atoms with Crippen molar-refractivity contribution in [1.29, 1.82) is 0 Å². The first-order valence-corrected chi connectivity index (χ1v) is 7.78. The minimum Gasteiger partial charge on any atom is -0.372 e. The van der Waals surface area contributed by atoms with Crippen LogP contribution in [0, 0.1) is 5.82 Å². The number of carbonyl (C=O) groups excluding carboxylic acids is 1. The van der Waals surface area contributed by atoms with Crippen molar-refractivity contribution < 1.29 is 13.9 Å². The second kappa shape index (κ2) is 7.33. The highest BCUT2D eigenvalue weighted by molar-refractivity contribution is 7.08. The maximum absolute atomic E-state index is 13.9. The number of ether oxygens (including phenoxy) is 1. The van der Waals surface area contributed by atoms with E-state index in [-0.39, 0.29) is 18.3 Å². The standard InChI is InChI=1S/C17H18FNO2S/c1-17(21-2,14-5-3-4-6-15(14)18)12-19-16(20)8-7-13-9-10-22-11-13/h3-11H,12H2,1-2H3,(H,19,20)/b8-7+. The number of nitrogens with one attached hydrogen (secondary N) is 1. The van der Waals surface area contributed by atoms with Crippen LogP contribution in [0.15, 0.2) is 47.2 Å². The molecule has 1 N–H and O–H groups in total. The molecule has 1 heterocycles. The molecular formula is C17H18FNO2S. The third-order valence-electron chi connectivity index (χ3n) is 3.46. The van der Waals surface area contributed by atoms with Gasteiger partial charge in [-0.3, -0.25) is 4.79 Å². The van der Waals surface area contributed by atoms with E-state index in [1.165, 1.54) is 19.3 Å². The lowest BCUT2D eigenvalue weighted by atomic mass is 9.95. The molecule has 0 aliphatic rings. The molecule has 1 atom stereocenters. The number of hydrogen-bond acceptors (Lipinski definition) is 3. The Morgan fingerprint density at radius 2 is 2.18 bits per heavy atom. The van der Waals surface area contributed by atoms with Crippen LogP contribution in [-0.2, 0) is 15.1 Å². The van der Waals surface area contributed by atoms with Gasteiger partial charge in [-0.1, -0.05) is 18.2 Å². The van der Waals surface area contributed by atoms with Crippen molar-refractivity contribution in [3.63, 3.8) is 0 Å². The topological polar surface area (TPSA) is 38.3 Å². The maximum atomic E-state index is 13.9. The Bertz CT molecular complexity index is 654. The Labute approximate surface area is 133 Å². The van der Waals surface area contributed by atoms with Crippen molar-refractivity contribution in [3.05, 3.63) is 64.1 Å². The normalized spacial score (nSPS) is 14.0. The first-order chi connectivity index (χ1) is 10.5. The number of thiophene rings is 1. The van der Waals surface area contributed by atoms with Crippen LogP contribution >= 0.6 is 11.3 Å². The van der Waals surface area contributed by atoms with Gasteiger partial charge in [-0.25, -0.2) is 4.39 Å². The smallest absolute Gasteiger partial charge is 0.244 e. The van der Waals surface area contributed by atoms with E-state index in [0.29, 0.717) is 5.56 Å². The first-order valence-electron chi connectivity index (χ1n) is 6.83. The third-order valence-corrected chi connectivity index (χ3v) is 4.17. The summed E-state index contributed by atoms with van der Waals surface area (Å²) in [6, 6.07) is 8.33. The van der Waals surface area contributed by atoms with Crippen LogP contribution in [0.1, 0.15) is 18.1 Å². The SMILES string of the molecule is COC(C)(CNC(=O)/C=C/c1ccsc1)c1ccccc1F. The van der Waals surface area contributed by atoms with Gasteiger partial charge in [0.2, 0.25) is 5.91 Å². The minimum absolute atomic E-state index is 0.178. The maximum Gasteiger partial charge on any atom is 0.244 e. The van der Waals surface area contributed by atoms with E-state index < -0.39 is 5.60 Å². The summed E-state index contributed by atoms with van der Waals surface area (Å²) in [4.78, 5) is 11.9.